The van der Waals surface area contributed by atoms with Gasteiger partial charge in [0.05, 0.1) is 0 Å². The number of hydrogen-bond acceptors (Lipinski definition) is 6. The van der Waals surface area contributed by atoms with Gasteiger partial charge < -0.3 is 10.6 Å². The molecule has 2 rings (SSSR count). The van der Waals surface area contributed by atoms with E-state index in [4.69, 9.17) is 5.73 Å². The first-order chi connectivity index (χ1) is 7.97. The van der Waals surface area contributed by atoms with Crippen molar-refractivity contribution in [1.82, 2.24) is 14.7 Å². The molecule has 0 atom stereocenters. The third-order valence-corrected chi connectivity index (χ3v) is 5.45. The lowest BCUT2D eigenvalue weighted by Gasteiger charge is -2.31. The van der Waals surface area contributed by atoms with Crippen LogP contribution < -0.4 is 10.6 Å². The zero-order valence-electron chi connectivity index (χ0n) is 9.59. The van der Waals surface area contributed by atoms with Gasteiger partial charge in [-0.1, -0.05) is 0 Å². The fraction of sp³-hybridized carbons (Fsp3) is 0.556. The second kappa shape index (κ2) is 4.91. The summed E-state index contributed by atoms with van der Waals surface area (Å²) in [4.78, 5) is 4.74. The van der Waals surface area contributed by atoms with E-state index < -0.39 is 10.0 Å². The number of sulfonamides is 1. The molecule has 0 spiro atoms. The monoisotopic (exact) mass is 276 g/mol. The molecule has 17 heavy (non-hydrogen) atoms. The number of nitrogens with one attached hydrogen (secondary N) is 1. The van der Waals surface area contributed by atoms with Gasteiger partial charge in [0.15, 0.2) is 0 Å². The Balaban J connectivity index is 2.03. The van der Waals surface area contributed by atoms with E-state index in [9.17, 15) is 8.42 Å². The van der Waals surface area contributed by atoms with Gasteiger partial charge in [-0.15, -0.1) is 16.2 Å². The number of nitrogens with two attached hydrogens (primary N) is 1. The maximum Gasteiger partial charge on any atom is 0.263 e. The normalized spacial score (nSPS) is 19.6. The number of nitrogens with zero attached hydrogens (tertiary/aromatic N) is 2. The molecule has 1 aromatic rings. The maximum absolute atomic E-state index is 12.0. The van der Waals surface area contributed by atoms with Gasteiger partial charge >= 0.3 is 0 Å². The molecule has 0 saturated carbocycles. The van der Waals surface area contributed by atoms with E-state index in [1.807, 2.05) is 7.05 Å². The van der Waals surface area contributed by atoms with Crippen molar-refractivity contribution in [3.05, 3.63) is 11.4 Å². The van der Waals surface area contributed by atoms with Crippen LogP contribution in [0.4, 0.5) is 5.69 Å². The summed E-state index contributed by atoms with van der Waals surface area (Å²) in [5, 5.41) is 3.35. The van der Waals surface area contributed by atoms with Crippen LogP contribution in [0.1, 0.15) is 0 Å². The Labute approximate surface area is 105 Å². The number of nitrogen functional groups attached to an aromatic ring is 1. The van der Waals surface area contributed by atoms with Crippen molar-refractivity contribution in [2.75, 3.05) is 39.0 Å². The average molecular weight is 276 g/mol. The van der Waals surface area contributed by atoms with Gasteiger partial charge in [-0.3, -0.25) is 0 Å². The van der Waals surface area contributed by atoms with Gasteiger partial charge in [-0.2, -0.15) is 0 Å². The van der Waals surface area contributed by atoms with E-state index in [0.717, 1.165) is 24.4 Å². The van der Waals surface area contributed by atoms with Crippen molar-refractivity contribution < 1.29 is 8.42 Å². The third kappa shape index (κ3) is 3.17. The van der Waals surface area contributed by atoms with Gasteiger partial charge in [0.25, 0.3) is 10.0 Å². The fourth-order valence-electron chi connectivity index (χ4n) is 1.58. The van der Waals surface area contributed by atoms with Gasteiger partial charge in [-0.05, 0) is 13.1 Å². The molecule has 0 unspecified atom stereocenters. The van der Waals surface area contributed by atoms with E-state index in [1.165, 1.54) is 6.07 Å². The molecule has 96 valence electrons. The van der Waals surface area contributed by atoms with Gasteiger partial charge in [0, 0.05) is 37.2 Å². The Kier molecular flexibility index (Phi) is 3.69. The van der Waals surface area contributed by atoms with Crippen molar-refractivity contribution in [1.29, 1.82) is 0 Å². The quantitative estimate of drug-likeness (QED) is 0.797. The molecule has 1 aliphatic rings. The van der Waals surface area contributed by atoms with E-state index in [0.29, 0.717) is 18.8 Å². The molecule has 0 bridgehead atoms. The second-order valence-corrected chi connectivity index (χ2v) is 6.88. The van der Waals surface area contributed by atoms with Crippen LogP contribution in [0.15, 0.2) is 15.7 Å². The Bertz CT molecular complexity index is 477. The molecular formula is C9H16N4O2S2. The average Bonchev–Trinajstić information content (AvgIpc) is 2.69. The molecule has 0 aliphatic carbocycles. The largest absolute Gasteiger partial charge is 0.398 e. The number of piperazine rings is 1. The van der Waals surface area contributed by atoms with Crippen LogP contribution in [-0.2, 0) is 10.0 Å². The third-order valence-electron chi connectivity index (χ3n) is 2.61. The summed E-state index contributed by atoms with van der Waals surface area (Å²) in [5.74, 6) is 0. The summed E-state index contributed by atoms with van der Waals surface area (Å²) >= 11 is 1.13. The number of rotatable bonds is 3. The Morgan fingerprint density at radius 1 is 1.35 bits per heavy atom. The highest BCUT2D eigenvalue weighted by Crippen LogP contribution is 2.21. The first-order valence-electron chi connectivity index (χ1n) is 5.27. The number of anilines is 1. The molecule has 0 radical (unpaired) electrons. The molecule has 1 aliphatic heterocycles. The summed E-state index contributed by atoms with van der Waals surface area (Å²) in [7, 11) is -1.44. The SMILES string of the molecule is CN1CCN(NS(=O)(=O)c2cc(N)cs2)CC1. The number of hydrazine groups is 1. The summed E-state index contributed by atoms with van der Waals surface area (Å²) in [6.07, 6.45) is 0. The molecular weight excluding hydrogens is 260 g/mol. The summed E-state index contributed by atoms with van der Waals surface area (Å²) in [6, 6.07) is 1.48. The molecule has 8 heteroatoms. The predicted molar refractivity (Wildman–Crippen MR) is 68.1 cm³/mol. The van der Waals surface area contributed by atoms with Crippen LogP contribution in [0.2, 0.25) is 0 Å². The lowest BCUT2D eigenvalue weighted by molar-refractivity contribution is 0.135. The van der Waals surface area contributed by atoms with E-state index >= 15 is 0 Å². The predicted octanol–water partition coefficient (Wildman–Crippen LogP) is -0.229. The Morgan fingerprint density at radius 2 is 2.00 bits per heavy atom. The molecule has 3 N–H and O–H groups in total. The minimum absolute atomic E-state index is 0.258. The van der Waals surface area contributed by atoms with Crippen molar-refractivity contribution >= 4 is 27.0 Å². The molecule has 2 heterocycles. The van der Waals surface area contributed by atoms with E-state index in [1.54, 1.807) is 10.4 Å². The van der Waals surface area contributed by atoms with Crippen molar-refractivity contribution in [3.8, 4) is 0 Å². The van der Waals surface area contributed by atoms with Crippen LogP contribution in [0.25, 0.3) is 0 Å². The highest BCUT2D eigenvalue weighted by atomic mass is 32.2. The van der Waals surface area contributed by atoms with Crippen molar-refractivity contribution in [2.45, 2.75) is 4.21 Å². The molecule has 1 aromatic heterocycles. The van der Waals surface area contributed by atoms with E-state index in [-0.39, 0.29) is 4.21 Å². The summed E-state index contributed by atoms with van der Waals surface area (Å²) in [5.41, 5.74) is 6.00. The minimum atomic E-state index is -3.46. The lowest BCUT2D eigenvalue weighted by Crippen LogP contribution is -2.52. The molecule has 1 fully saturated rings. The second-order valence-electron chi connectivity index (χ2n) is 4.08. The van der Waals surface area contributed by atoms with Crippen LogP contribution >= 0.6 is 11.3 Å². The van der Waals surface area contributed by atoms with Gasteiger partial charge in [0.1, 0.15) is 4.21 Å². The Morgan fingerprint density at radius 3 is 2.53 bits per heavy atom. The lowest BCUT2D eigenvalue weighted by atomic mass is 10.4. The zero-order chi connectivity index (χ0) is 12.5. The standard InChI is InChI=1S/C9H16N4O2S2/c1-12-2-4-13(5-3-12)11-17(14,15)9-6-8(10)7-16-9/h6-7,11H,2-5,10H2,1H3. The first-order valence-corrected chi connectivity index (χ1v) is 7.63. The number of thiophene rings is 1. The molecule has 6 nitrogen and oxygen atoms in total. The van der Waals surface area contributed by atoms with E-state index in [2.05, 4.69) is 9.73 Å². The highest BCUT2D eigenvalue weighted by molar-refractivity contribution is 7.91. The molecule has 0 amide bonds. The van der Waals surface area contributed by atoms with Crippen LogP contribution in [0, 0.1) is 0 Å². The molecule has 0 aromatic carbocycles. The summed E-state index contributed by atoms with van der Waals surface area (Å²) in [6.45, 7) is 3.09. The minimum Gasteiger partial charge on any atom is -0.398 e. The van der Waals surface area contributed by atoms with Gasteiger partial charge in [-0.25, -0.2) is 13.4 Å². The first kappa shape index (κ1) is 12.8. The van der Waals surface area contributed by atoms with Crippen LogP contribution in [-0.4, -0.2) is 51.6 Å². The maximum atomic E-state index is 12.0. The highest BCUT2D eigenvalue weighted by Gasteiger charge is 2.22. The zero-order valence-corrected chi connectivity index (χ0v) is 11.2. The Hall–Kier alpha value is -0.670. The van der Waals surface area contributed by atoms with Crippen LogP contribution in [0.3, 0.4) is 0 Å². The summed E-state index contributed by atoms with van der Waals surface area (Å²) < 4.78 is 24.2. The molecule has 1 saturated heterocycles. The number of likely N-dealkylation sites (N-methyl/N-ethyl adjacent to an activating group) is 1. The van der Waals surface area contributed by atoms with Crippen LogP contribution in [0.5, 0.6) is 0 Å². The number of hydrogen-bond donors (Lipinski definition) is 2. The smallest absolute Gasteiger partial charge is 0.263 e. The topological polar surface area (TPSA) is 78.7 Å². The van der Waals surface area contributed by atoms with Gasteiger partial charge in [0.2, 0.25) is 0 Å². The fourth-order valence-corrected chi connectivity index (χ4v) is 3.77. The van der Waals surface area contributed by atoms with Crippen molar-refractivity contribution in [3.63, 3.8) is 0 Å². The van der Waals surface area contributed by atoms with Crippen molar-refractivity contribution in [2.24, 2.45) is 0 Å².